The number of aliphatic hydroxyl groups excluding tert-OH is 1. The Morgan fingerprint density at radius 3 is 2.67 bits per heavy atom. The van der Waals surface area contributed by atoms with Gasteiger partial charge in [-0.25, -0.2) is 0 Å². The zero-order chi connectivity index (χ0) is 11.3. The molecule has 4 heteroatoms. The van der Waals surface area contributed by atoms with E-state index in [2.05, 4.69) is 12.2 Å². The molecule has 88 valence electrons. The van der Waals surface area contributed by atoms with Gasteiger partial charge in [-0.3, -0.25) is 4.79 Å². The molecule has 0 aliphatic heterocycles. The lowest BCUT2D eigenvalue weighted by molar-refractivity contribution is -0.125. The van der Waals surface area contributed by atoms with Crippen molar-refractivity contribution in [2.75, 3.05) is 6.61 Å². The van der Waals surface area contributed by atoms with Gasteiger partial charge in [0.2, 0.25) is 5.91 Å². The molecule has 0 saturated heterocycles. The second kappa shape index (κ2) is 5.47. The molecular formula is C11H22N2O2. The topological polar surface area (TPSA) is 75.4 Å². The molecule has 1 aliphatic carbocycles. The normalized spacial score (nSPS) is 20.5. The molecule has 15 heavy (non-hydrogen) atoms. The van der Waals surface area contributed by atoms with Crippen molar-refractivity contribution in [3.63, 3.8) is 0 Å². The molecule has 0 aromatic rings. The lowest BCUT2D eigenvalue weighted by Crippen LogP contribution is -2.56. The van der Waals surface area contributed by atoms with Crippen LogP contribution in [0.4, 0.5) is 0 Å². The molecule has 1 amide bonds. The van der Waals surface area contributed by atoms with Crippen LogP contribution in [-0.4, -0.2) is 29.2 Å². The van der Waals surface area contributed by atoms with Gasteiger partial charge in [0.25, 0.3) is 0 Å². The summed E-state index contributed by atoms with van der Waals surface area (Å²) in [5, 5.41) is 12.1. The van der Waals surface area contributed by atoms with Gasteiger partial charge >= 0.3 is 0 Å². The van der Waals surface area contributed by atoms with Crippen molar-refractivity contribution < 1.29 is 9.90 Å². The van der Waals surface area contributed by atoms with Gasteiger partial charge in [0.05, 0.1) is 12.1 Å². The second-order valence-electron chi connectivity index (χ2n) is 4.59. The quantitative estimate of drug-likeness (QED) is 0.604. The van der Waals surface area contributed by atoms with Gasteiger partial charge < -0.3 is 16.2 Å². The van der Waals surface area contributed by atoms with Crippen LogP contribution in [0.15, 0.2) is 0 Å². The Morgan fingerprint density at radius 1 is 1.60 bits per heavy atom. The molecule has 0 heterocycles. The van der Waals surface area contributed by atoms with Crippen LogP contribution in [0.5, 0.6) is 0 Å². The summed E-state index contributed by atoms with van der Waals surface area (Å²) in [6.45, 7) is 2.10. The van der Waals surface area contributed by atoms with Crippen LogP contribution in [0, 0.1) is 0 Å². The molecule has 4 N–H and O–H groups in total. The van der Waals surface area contributed by atoms with Gasteiger partial charge in [0.15, 0.2) is 0 Å². The Labute approximate surface area is 91.2 Å². The number of carbonyl (C=O) groups is 1. The van der Waals surface area contributed by atoms with Crippen molar-refractivity contribution in [3.8, 4) is 0 Å². The first kappa shape index (κ1) is 12.5. The average molecular weight is 214 g/mol. The summed E-state index contributed by atoms with van der Waals surface area (Å²) in [4.78, 5) is 11.6. The van der Waals surface area contributed by atoms with Gasteiger partial charge in [0, 0.05) is 12.5 Å². The van der Waals surface area contributed by atoms with Crippen molar-refractivity contribution in [3.05, 3.63) is 0 Å². The fourth-order valence-electron chi connectivity index (χ4n) is 1.98. The number of hydrogen-bond donors (Lipinski definition) is 3. The van der Waals surface area contributed by atoms with Crippen molar-refractivity contribution in [1.29, 1.82) is 0 Å². The number of nitrogens with two attached hydrogens (primary N) is 1. The van der Waals surface area contributed by atoms with E-state index in [0.29, 0.717) is 6.42 Å². The molecule has 0 aromatic heterocycles. The highest BCUT2D eigenvalue weighted by molar-refractivity contribution is 5.77. The van der Waals surface area contributed by atoms with E-state index >= 15 is 0 Å². The number of hydrogen-bond acceptors (Lipinski definition) is 3. The molecule has 1 aliphatic rings. The highest BCUT2D eigenvalue weighted by Crippen LogP contribution is 2.31. The monoisotopic (exact) mass is 214 g/mol. The molecular weight excluding hydrogens is 192 g/mol. The molecule has 1 fully saturated rings. The Kier molecular flexibility index (Phi) is 4.54. The molecule has 0 bridgehead atoms. The van der Waals surface area contributed by atoms with E-state index in [1.165, 1.54) is 0 Å². The van der Waals surface area contributed by atoms with Gasteiger partial charge in [-0.2, -0.15) is 0 Å². The number of aliphatic hydroxyl groups is 1. The number of rotatable bonds is 6. The largest absolute Gasteiger partial charge is 0.394 e. The first-order valence-electron chi connectivity index (χ1n) is 5.79. The number of carbonyl (C=O) groups excluding carboxylic acids is 1. The van der Waals surface area contributed by atoms with E-state index in [-0.39, 0.29) is 24.1 Å². The molecule has 1 atom stereocenters. The van der Waals surface area contributed by atoms with Gasteiger partial charge in [-0.05, 0) is 25.7 Å². The first-order chi connectivity index (χ1) is 7.12. The fourth-order valence-corrected chi connectivity index (χ4v) is 1.98. The second-order valence-corrected chi connectivity index (χ2v) is 4.59. The predicted molar refractivity (Wildman–Crippen MR) is 59.3 cm³/mol. The predicted octanol–water partition coefficient (Wildman–Crippen LogP) is 0.535. The number of amides is 1. The highest BCUT2D eigenvalue weighted by Gasteiger charge is 2.37. The standard InChI is InChI=1S/C11H22N2O2/c1-2-4-9(12)7-10(15)13-11(8-14)5-3-6-11/h9,14H,2-8,12H2,1H3,(H,13,15). The van der Waals surface area contributed by atoms with Crippen LogP contribution in [0.3, 0.4) is 0 Å². The summed E-state index contributed by atoms with van der Waals surface area (Å²) < 4.78 is 0. The summed E-state index contributed by atoms with van der Waals surface area (Å²) in [5.41, 5.74) is 5.45. The van der Waals surface area contributed by atoms with Crippen molar-refractivity contribution in [2.45, 2.75) is 57.0 Å². The Balaban J connectivity index is 2.28. The third-order valence-electron chi connectivity index (χ3n) is 3.12. The minimum Gasteiger partial charge on any atom is -0.394 e. The van der Waals surface area contributed by atoms with E-state index in [1.54, 1.807) is 0 Å². The third kappa shape index (κ3) is 3.47. The summed E-state index contributed by atoms with van der Waals surface area (Å²) in [6, 6.07) is -0.0502. The summed E-state index contributed by atoms with van der Waals surface area (Å²) in [5.74, 6) is -0.0234. The third-order valence-corrected chi connectivity index (χ3v) is 3.12. The van der Waals surface area contributed by atoms with Gasteiger partial charge in [0.1, 0.15) is 0 Å². The SMILES string of the molecule is CCCC(N)CC(=O)NC1(CO)CCC1. The van der Waals surface area contributed by atoms with Crippen molar-refractivity contribution >= 4 is 5.91 Å². The minimum absolute atomic E-state index is 0.0234. The van der Waals surface area contributed by atoms with Crippen LogP contribution in [0.1, 0.15) is 45.4 Å². The first-order valence-corrected chi connectivity index (χ1v) is 5.79. The Bertz CT molecular complexity index is 209. The van der Waals surface area contributed by atoms with Crippen molar-refractivity contribution in [2.24, 2.45) is 5.73 Å². The lowest BCUT2D eigenvalue weighted by atomic mass is 9.77. The van der Waals surface area contributed by atoms with Crippen LogP contribution in [0.25, 0.3) is 0 Å². The summed E-state index contributed by atoms with van der Waals surface area (Å²) >= 11 is 0. The van der Waals surface area contributed by atoms with Crippen molar-refractivity contribution in [1.82, 2.24) is 5.32 Å². The maximum absolute atomic E-state index is 11.6. The average Bonchev–Trinajstić information content (AvgIpc) is 2.11. The van der Waals surface area contributed by atoms with Crippen LogP contribution in [-0.2, 0) is 4.79 Å². The molecule has 1 saturated carbocycles. The molecule has 1 unspecified atom stereocenters. The van der Waals surface area contributed by atoms with E-state index in [1.807, 2.05) is 0 Å². The van der Waals surface area contributed by atoms with Crippen LogP contribution < -0.4 is 11.1 Å². The maximum Gasteiger partial charge on any atom is 0.222 e. The van der Waals surface area contributed by atoms with Crippen LogP contribution >= 0.6 is 0 Å². The minimum atomic E-state index is -0.330. The Morgan fingerprint density at radius 2 is 2.27 bits per heavy atom. The van der Waals surface area contributed by atoms with E-state index < -0.39 is 0 Å². The lowest BCUT2D eigenvalue weighted by Gasteiger charge is -2.41. The number of nitrogens with one attached hydrogen (secondary N) is 1. The smallest absolute Gasteiger partial charge is 0.222 e. The molecule has 0 aromatic carbocycles. The van der Waals surface area contributed by atoms with E-state index in [9.17, 15) is 9.90 Å². The maximum atomic E-state index is 11.6. The van der Waals surface area contributed by atoms with Gasteiger partial charge in [-0.1, -0.05) is 13.3 Å². The van der Waals surface area contributed by atoms with Gasteiger partial charge in [-0.15, -0.1) is 0 Å². The summed E-state index contributed by atoms with van der Waals surface area (Å²) in [7, 11) is 0. The zero-order valence-electron chi connectivity index (χ0n) is 9.46. The molecule has 0 spiro atoms. The molecule has 0 radical (unpaired) electrons. The van der Waals surface area contributed by atoms with E-state index in [0.717, 1.165) is 32.1 Å². The molecule has 1 rings (SSSR count). The highest BCUT2D eigenvalue weighted by atomic mass is 16.3. The van der Waals surface area contributed by atoms with Crippen LogP contribution in [0.2, 0.25) is 0 Å². The zero-order valence-corrected chi connectivity index (χ0v) is 9.46. The summed E-state index contributed by atoms with van der Waals surface area (Å²) in [6.07, 6.45) is 5.10. The van der Waals surface area contributed by atoms with E-state index in [4.69, 9.17) is 5.73 Å². The fraction of sp³-hybridized carbons (Fsp3) is 0.909. The Hall–Kier alpha value is -0.610. The molecule has 4 nitrogen and oxygen atoms in total.